The molecule has 1 aromatic carbocycles. The van der Waals surface area contributed by atoms with E-state index in [2.05, 4.69) is 10.3 Å². The third kappa shape index (κ3) is 8.11. The summed E-state index contributed by atoms with van der Waals surface area (Å²) in [5, 5.41) is 14.5. The Hall–Kier alpha value is -4.88. The Morgan fingerprint density at radius 1 is 1.15 bits per heavy atom. The fraction of sp³-hybridized carbons (Fsp3) is 0.643. The van der Waals surface area contributed by atoms with Crippen molar-refractivity contribution >= 4 is 44.6 Å². The van der Waals surface area contributed by atoms with E-state index in [1.54, 1.807) is 30.4 Å². The number of alkyl halides is 4. The van der Waals surface area contributed by atoms with Crippen molar-refractivity contribution in [2.75, 3.05) is 26.9 Å². The van der Waals surface area contributed by atoms with Gasteiger partial charge in [-0.25, -0.2) is 17.6 Å². The predicted molar refractivity (Wildman–Crippen MR) is 216 cm³/mol. The first-order valence-electron chi connectivity index (χ1n) is 20.9. The maximum Gasteiger partial charge on any atom is 0.411 e. The summed E-state index contributed by atoms with van der Waals surface area (Å²) in [6.07, 6.45) is -2.71. The van der Waals surface area contributed by atoms with Crippen LogP contribution in [0.15, 0.2) is 30.4 Å². The minimum absolute atomic E-state index is 0.000348. The van der Waals surface area contributed by atoms with Gasteiger partial charge in [-0.1, -0.05) is 26.0 Å². The average molecular weight is 896 g/mol. The van der Waals surface area contributed by atoms with Gasteiger partial charge in [-0.15, -0.1) is 0 Å². The van der Waals surface area contributed by atoms with E-state index >= 15 is 4.79 Å². The van der Waals surface area contributed by atoms with E-state index in [1.807, 2.05) is 11.6 Å². The number of hydrogen-bond donors (Lipinski definition) is 3. The zero-order valence-corrected chi connectivity index (χ0v) is 36.0. The number of methoxy groups -OCH3 is 1. The Labute approximate surface area is 356 Å². The van der Waals surface area contributed by atoms with Gasteiger partial charge in [0.2, 0.25) is 33.6 Å². The van der Waals surface area contributed by atoms with Crippen LogP contribution in [0.1, 0.15) is 84.6 Å². The standard InChI is InChI=1S/C42H53F4N5O10S/c1-23-9-6-7-10-25-20-41(25,37(54)49-62(57,58)40(22-43)14-15-40)48-33(52)31-19-27(61-35-29-13-12-26(59-5)18-30(29)28-11-8-16-60-34(28)47-35)21-50(31)36(53)32(24(2)17-23)51(38(55)56)39(3,4)42(44,45)46/h7,10,12-13,18,23-25,27,31-32H,6,8-9,11,14-17,19-22H2,1-5H3,(H,48,52)(H,49,54)(H,55,56)/b10-7-/t23-,24+,25+,27+,31-,32-,41+/m0/s1. The molecule has 7 rings (SSSR count). The lowest BCUT2D eigenvalue weighted by molar-refractivity contribution is -0.222. The number of nitrogens with one attached hydrogen (secondary N) is 2. The molecule has 1 saturated heterocycles. The van der Waals surface area contributed by atoms with Gasteiger partial charge >= 0.3 is 12.3 Å². The number of halogens is 4. The van der Waals surface area contributed by atoms with Gasteiger partial charge in [-0.2, -0.15) is 18.2 Å². The summed E-state index contributed by atoms with van der Waals surface area (Å²) in [5.74, 6) is -4.15. The molecule has 0 spiro atoms. The maximum atomic E-state index is 15.1. The highest BCUT2D eigenvalue weighted by molar-refractivity contribution is 7.91. The van der Waals surface area contributed by atoms with Crippen molar-refractivity contribution in [3.8, 4) is 17.5 Å². The molecule has 5 aliphatic rings. The second-order valence-corrected chi connectivity index (χ2v) is 20.1. The summed E-state index contributed by atoms with van der Waals surface area (Å²) < 4.78 is 103. The number of carboxylic acid groups (broad SMARTS) is 1. The molecule has 2 aromatic rings. The zero-order chi connectivity index (χ0) is 45.2. The number of sulfonamides is 1. The molecular formula is C42H53F4N5O10S. The van der Waals surface area contributed by atoms with Gasteiger partial charge in [-0.05, 0) is 101 Å². The van der Waals surface area contributed by atoms with Gasteiger partial charge in [0, 0.05) is 23.3 Å². The van der Waals surface area contributed by atoms with Crippen LogP contribution < -0.4 is 24.2 Å². The molecule has 0 radical (unpaired) electrons. The van der Waals surface area contributed by atoms with E-state index in [-0.39, 0.29) is 48.8 Å². The number of hydrogen-bond acceptors (Lipinski definition) is 10. The summed E-state index contributed by atoms with van der Waals surface area (Å²) >= 11 is 0. The van der Waals surface area contributed by atoms with Crippen molar-refractivity contribution in [3.63, 3.8) is 0 Å². The van der Waals surface area contributed by atoms with Crippen molar-refractivity contribution in [1.29, 1.82) is 0 Å². The normalized spacial score (nSPS) is 29.3. The van der Waals surface area contributed by atoms with Gasteiger partial charge in [0.15, 0.2) is 0 Å². The molecule has 0 unspecified atom stereocenters. The molecule has 4 heterocycles. The molecule has 4 amide bonds. The van der Waals surface area contributed by atoms with Crippen LogP contribution in [0.3, 0.4) is 0 Å². The number of aromatic nitrogens is 1. The van der Waals surface area contributed by atoms with Crippen LogP contribution in [0.2, 0.25) is 0 Å². The zero-order valence-electron chi connectivity index (χ0n) is 35.2. The van der Waals surface area contributed by atoms with Crippen molar-refractivity contribution in [3.05, 3.63) is 35.9 Å². The lowest BCUT2D eigenvalue weighted by atomic mass is 9.85. The molecule has 340 valence electrons. The highest BCUT2D eigenvalue weighted by Crippen LogP contribution is 2.48. The first-order valence-corrected chi connectivity index (χ1v) is 22.4. The number of pyridine rings is 1. The number of fused-ring (bicyclic) bond motifs is 5. The van der Waals surface area contributed by atoms with Crippen molar-refractivity contribution in [1.82, 2.24) is 24.8 Å². The predicted octanol–water partition coefficient (Wildman–Crippen LogP) is 5.44. The van der Waals surface area contributed by atoms with Gasteiger partial charge < -0.3 is 29.5 Å². The van der Waals surface area contributed by atoms with E-state index in [0.717, 1.165) is 22.3 Å². The van der Waals surface area contributed by atoms with E-state index in [4.69, 9.17) is 14.2 Å². The quantitative estimate of drug-likeness (QED) is 0.214. The largest absolute Gasteiger partial charge is 0.497 e. The average Bonchev–Trinajstić information content (AvgIpc) is 4.11. The van der Waals surface area contributed by atoms with E-state index in [0.29, 0.717) is 56.7 Å². The number of benzene rings is 1. The van der Waals surface area contributed by atoms with Crippen LogP contribution in [0.25, 0.3) is 10.8 Å². The number of nitrogens with zero attached hydrogens (tertiary/aromatic N) is 3. The first-order chi connectivity index (χ1) is 29.1. The van der Waals surface area contributed by atoms with Gasteiger partial charge in [0.25, 0.3) is 5.91 Å². The monoisotopic (exact) mass is 895 g/mol. The maximum absolute atomic E-state index is 15.1. The second kappa shape index (κ2) is 16.3. The number of carbonyl (C=O) groups excluding carboxylic acids is 3. The number of ether oxygens (including phenoxy) is 3. The number of carbonyl (C=O) groups is 4. The van der Waals surface area contributed by atoms with E-state index in [1.165, 1.54) is 14.0 Å². The van der Waals surface area contributed by atoms with E-state index < -0.39 is 99.1 Å². The summed E-state index contributed by atoms with van der Waals surface area (Å²) in [6.45, 7) is 3.43. The third-order valence-corrected chi connectivity index (χ3v) is 15.4. The van der Waals surface area contributed by atoms with Gasteiger partial charge in [-0.3, -0.25) is 24.0 Å². The lowest BCUT2D eigenvalue weighted by Crippen LogP contribution is -2.66. The summed E-state index contributed by atoms with van der Waals surface area (Å²) in [6, 6.07) is 1.72. The Balaban J connectivity index is 1.31. The third-order valence-electron chi connectivity index (χ3n) is 13.3. The summed E-state index contributed by atoms with van der Waals surface area (Å²) in [5.41, 5.74) is -4.11. The highest BCUT2D eigenvalue weighted by atomic mass is 32.2. The molecule has 15 nitrogen and oxygen atoms in total. The van der Waals surface area contributed by atoms with Crippen molar-refractivity contribution in [2.45, 2.75) is 126 Å². The molecule has 3 N–H and O–H groups in total. The highest BCUT2D eigenvalue weighted by Gasteiger charge is 2.64. The fourth-order valence-corrected chi connectivity index (χ4v) is 10.6. The molecular weight excluding hydrogens is 843 g/mol. The van der Waals surface area contributed by atoms with Crippen LogP contribution in [0.5, 0.6) is 17.5 Å². The molecule has 3 fully saturated rings. The van der Waals surface area contributed by atoms with Crippen LogP contribution in [-0.2, 0) is 30.8 Å². The number of allylic oxidation sites excluding steroid dienone is 1. The van der Waals surface area contributed by atoms with Gasteiger partial charge in [0.1, 0.15) is 46.4 Å². The Kier molecular flexibility index (Phi) is 11.9. The fourth-order valence-electron chi connectivity index (χ4n) is 9.19. The molecule has 3 aliphatic heterocycles. The number of aryl methyl sites for hydroxylation is 1. The Morgan fingerprint density at radius 2 is 1.87 bits per heavy atom. The van der Waals surface area contributed by atoms with E-state index in [9.17, 15) is 45.5 Å². The van der Waals surface area contributed by atoms with Gasteiger partial charge in [0.05, 0.1) is 20.3 Å². The smallest absolute Gasteiger partial charge is 0.411 e. The Bertz CT molecular complexity index is 2270. The Morgan fingerprint density at radius 3 is 2.52 bits per heavy atom. The summed E-state index contributed by atoms with van der Waals surface area (Å²) in [4.78, 5) is 62.6. The molecule has 62 heavy (non-hydrogen) atoms. The topological polar surface area (TPSA) is 194 Å². The van der Waals surface area contributed by atoms with Crippen LogP contribution in [0.4, 0.5) is 22.4 Å². The molecule has 0 bridgehead atoms. The molecule has 1 aromatic heterocycles. The first kappa shape index (κ1) is 45.2. The molecule has 2 aliphatic carbocycles. The molecule has 2 saturated carbocycles. The SMILES string of the molecule is COc1ccc2c(O[C@@H]3C[C@H]4C(=O)N[C@]5(C(=O)NS(=O)(=O)C6(CF)CC6)C[C@H]5/C=C\CC[C@H](C)C[C@@H](C)[C@H](N(C(=O)O)C(C)(C)C(F)(F)F)C(=O)N4C3)nc3c(c2c1)CCCO3. The van der Waals surface area contributed by atoms with Crippen molar-refractivity contribution < 1.29 is 64.5 Å². The molecule has 7 atom stereocenters. The van der Waals surface area contributed by atoms with Crippen molar-refractivity contribution in [2.24, 2.45) is 17.8 Å². The molecule has 20 heteroatoms. The minimum Gasteiger partial charge on any atom is -0.497 e. The second-order valence-electron chi connectivity index (χ2n) is 18.0. The summed E-state index contributed by atoms with van der Waals surface area (Å²) in [7, 11) is -3.00. The lowest BCUT2D eigenvalue weighted by Gasteiger charge is -2.45. The van der Waals surface area contributed by atoms with Crippen LogP contribution in [-0.4, -0.2) is 119 Å². The number of amides is 4. The van der Waals surface area contributed by atoms with Crippen LogP contribution >= 0.6 is 0 Å². The minimum atomic E-state index is -5.13. The van der Waals surface area contributed by atoms with Crippen LogP contribution in [0, 0.1) is 17.8 Å². The number of rotatable bonds is 9.